The lowest BCUT2D eigenvalue weighted by Gasteiger charge is -2.08. The maximum absolute atomic E-state index is 12.5. The molecule has 0 atom stereocenters. The van der Waals surface area contributed by atoms with Gasteiger partial charge in [-0.1, -0.05) is 24.3 Å². The molecule has 0 saturated carbocycles. The molecule has 1 amide bonds. The number of benzene rings is 2. The van der Waals surface area contributed by atoms with Crippen LogP contribution >= 0.6 is 0 Å². The normalized spacial score (nSPS) is 11.9. The highest BCUT2D eigenvalue weighted by atomic mass is 32.2. The first kappa shape index (κ1) is 17.2. The van der Waals surface area contributed by atoms with Gasteiger partial charge in [-0.15, -0.1) is 0 Å². The van der Waals surface area contributed by atoms with E-state index in [1.54, 1.807) is 10.6 Å². The maximum atomic E-state index is 12.5. The number of para-hydroxylation sites is 4. The number of H-pyrrole nitrogens is 1. The zero-order chi connectivity index (χ0) is 19.0. The Bertz CT molecular complexity index is 1220. The third-order valence-corrected chi connectivity index (χ3v) is 4.86. The average Bonchev–Trinajstić information content (AvgIpc) is 3.14. The van der Waals surface area contributed by atoms with Crippen molar-refractivity contribution in [2.75, 3.05) is 11.6 Å². The van der Waals surface area contributed by atoms with Crippen LogP contribution in [-0.2, 0) is 26.9 Å². The van der Waals surface area contributed by atoms with Gasteiger partial charge in [-0.2, -0.15) is 0 Å². The number of sulfone groups is 1. The molecule has 2 N–H and O–H groups in total. The zero-order valence-electron chi connectivity index (χ0n) is 14.5. The van der Waals surface area contributed by atoms with Crippen LogP contribution in [-0.4, -0.2) is 40.1 Å². The van der Waals surface area contributed by atoms with E-state index in [1.807, 2.05) is 42.5 Å². The SMILES string of the molecule is CS(=O)(=O)Cc1nc2ccccc2n1CC(=O)Nc1nc2ccccc2[nH]1. The van der Waals surface area contributed by atoms with E-state index >= 15 is 0 Å². The third-order valence-electron chi connectivity index (χ3n) is 4.07. The molecule has 8 nitrogen and oxygen atoms in total. The topological polar surface area (TPSA) is 110 Å². The van der Waals surface area contributed by atoms with Gasteiger partial charge in [0.05, 0.1) is 22.1 Å². The molecule has 4 rings (SSSR count). The fraction of sp³-hybridized carbons (Fsp3) is 0.167. The van der Waals surface area contributed by atoms with Crippen molar-refractivity contribution in [2.24, 2.45) is 0 Å². The van der Waals surface area contributed by atoms with E-state index in [9.17, 15) is 13.2 Å². The maximum Gasteiger partial charge on any atom is 0.246 e. The molecule has 0 fully saturated rings. The van der Waals surface area contributed by atoms with Gasteiger partial charge in [0, 0.05) is 6.26 Å². The Morgan fingerprint density at radius 2 is 1.78 bits per heavy atom. The lowest BCUT2D eigenvalue weighted by Crippen LogP contribution is -2.21. The lowest BCUT2D eigenvalue weighted by molar-refractivity contribution is -0.116. The third kappa shape index (κ3) is 3.68. The van der Waals surface area contributed by atoms with E-state index in [1.165, 1.54) is 0 Å². The molecule has 0 saturated heterocycles. The number of rotatable bonds is 5. The van der Waals surface area contributed by atoms with Crippen LogP contribution in [0.1, 0.15) is 5.82 Å². The van der Waals surface area contributed by atoms with Crippen LogP contribution in [0.5, 0.6) is 0 Å². The minimum absolute atomic E-state index is 0.0671. The number of fused-ring (bicyclic) bond motifs is 2. The molecule has 9 heteroatoms. The summed E-state index contributed by atoms with van der Waals surface area (Å²) < 4.78 is 25.1. The Morgan fingerprint density at radius 1 is 1.07 bits per heavy atom. The molecule has 0 aliphatic heterocycles. The molecule has 0 spiro atoms. The van der Waals surface area contributed by atoms with Crippen molar-refractivity contribution in [3.63, 3.8) is 0 Å². The minimum Gasteiger partial charge on any atom is -0.324 e. The summed E-state index contributed by atoms with van der Waals surface area (Å²) >= 11 is 0. The number of imidazole rings is 2. The Hall–Kier alpha value is -3.20. The van der Waals surface area contributed by atoms with Gasteiger partial charge in [0.15, 0.2) is 9.84 Å². The molecule has 0 aliphatic rings. The van der Waals surface area contributed by atoms with Crippen molar-refractivity contribution in [2.45, 2.75) is 12.3 Å². The molecule has 2 aromatic carbocycles. The molecule has 27 heavy (non-hydrogen) atoms. The quantitative estimate of drug-likeness (QED) is 0.548. The number of hydrogen-bond acceptors (Lipinski definition) is 5. The molecular weight excluding hydrogens is 366 g/mol. The van der Waals surface area contributed by atoms with Gasteiger partial charge in [0.2, 0.25) is 11.9 Å². The van der Waals surface area contributed by atoms with Crippen molar-refractivity contribution >= 4 is 43.8 Å². The summed E-state index contributed by atoms with van der Waals surface area (Å²) in [7, 11) is -3.29. The molecule has 2 aromatic heterocycles. The van der Waals surface area contributed by atoms with Crippen LogP contribution in [0.2, 0.25) is 0 Å². The number of aromatic nitrogens is 4. The highest BCUT2D eigenvalue weighted by Gasteiger charge is 2.17. The molecule has 0 aliphatic carbocycles. The smallest absolute Gasteiger partial charge is 0.246 e. The van der Waals surface area contributed by atoms with E-state index in [2.05, 4.69) is 20.3 Å². The average molecular weight is 383 g/mol. The molecule has 0 radical (unpaired) electrons. The van der Waals surface area contributed by atoms with Crippen LogP contribution in [0.25, 0.3) is 22.1 Å². The van der Waals surface area contributed by atoms with Crippen LogP contribution in [0.4, 0.5) is 5.95 Å². The van der Waals surface area contributed by atoms with Crippen molar-refractivity contribution in [3.8, 4) is 0 Å². The summed E-state index contributed by atoms with van der Waals surface area (Å²) in [4.78, 5) is 24.3. The second-order valence-electron chi connectivity index (χ2n) is 6.32. The number of carbonyl (C=O) groups excluding carboxylic acids is 1. The molecule has 138 valence electrons. The highest BCUT2D eigenvalue weighted by Crippen LogP contribution is 2.18. The molecule has 0 unspecified atom stereocenters. The first-order chi connectivity index (χ1) is 12.9. The second-order valence-corrected chi connectivity index (χ2v) is 8.46. The van der Waals surface area contributed by atoms with Gasteiger partial charge in [0.25, 0.3) is 0 Å². The zero-order valence-corrected chi connectivity index (χ0v) is 15.3. The number of aromatic amines is 1. The number of nitrogens with zero attached hydrogens (tertiary/aromatic N) is 3. The molecule has 0 bridgehead atoms. The summed E-state index contributed by atoms with van der Waals surface area (Å²) in [5.74, 6) is 0.111. The predicted octanol–water partition coefficient (Wildman–Crippen LogP) is 2.10. The first-order valence-corrected chi connectivity index (χ1v) is 10.3. The van der Waals surface area contributed by atoms with Gasteiger partial charge in [0.1, 0.15) is 18.1 Å². The predicted molar refractivity (Wildman–Crippen MR) is 103 cm³/mol. The number of amides is 1. The molecular formula is C18H17N5O3S. The van der Waals surface area contributed by atoms with Gasteiger partial charge < -0.3 is 9.55 Å². The van der Waals surface area contributed by atoms with Crippen LogP contribution in [0.15, 0.2) is 48.5 Å². The van der Waals surface area contributed by atoms with Gasteiger partial charge in [-0.3, -0.25) is 10.1 Å². The van der Waals surface area contributed by atoms with E-state index < -0.39 is 9.84 Å². The Balaban J connectivity index is 1.63. The fourth-order valence-electron chi connectivity index (χ4n) is 2.97. The Labute approximate surface area is 155 Å². The largest absolute Gasteiger partial charge is 0.324 e. The van der Waals surface area contributed by atoms with Crippen molar-refractivity contribution < 1.29 is 13.2 Å². The number of hydrogen-bond donors (Lipinski definition) is 2. The monoisotopic (exact) mass is 383 g/mol. The molecule has 4 aromatic rings. The number of anilines is 1. The van der Waals surface area contributed by atoms with Crippen molar-refractivity contribution in [1.82, 2.24) is 19.5 Å². The fourth-order valence-corrected chi connectivity index (χ4v) is 3.66. The summed E-state index contributed by atoms with van der Waals surface area (Å²) in [5, 5.41) is 2.72. The number of carbonyl (C=O) groups is 1. The van der Waals surface area contributed by atoms with E-state index in [-0.39, 0.29) is 18.2 Å². The minimum atomic E-state index is -3.29. The van der Waals surface area contributed by atoms with E-state index in [0.717, 1.165) is 17.3 Å². The van der Waals surface area contributed by atoms with E-state index in [4.69, 9.17) is 0 Å². The van der Waals surface area contributed by atoms with Gasteiger partial charge >= 0.3 is 0 Å². The standard InChI is InChI=1S/C18H17N5O3S/c1-27(25,26)11-16-19-14-8-4-5-9-15(14)23(16)10-17(24)22-18-20-12-6-2-3-7-13(12)21-18/h2-9H,10-11H2,1H3,(H2,20,21,22,24). The Kier molecular flexibility index (Phi) is 4.15. The van der Waals surface area contributed by atoms with Crippen LogP contribution in [0.3, 0.4) is 0 Å². The van der Waals surface area contributed by atoms with Gasteiger partial charge in [-0.05, 0) is 24.3 Å². The number of nitrogens with one attached hydrogen (secondary N) is 2. The van der Waals surface area contributed by atoms with Crippen molar-refractivity contribution in [3.05, 3.63) is 54.4 Å². The highest BCUT2D eigenvalue weighted by molar-refractivity contribution is 7.89. The summed E-state index contributed by atoms with van der Waals surface area (Å²) in [5.41, 5.74) is 2.92. The summed E-state index contributed by atoms with van der Waals surface area (Å²) in [6.07, 6.45) is 1.14. The lowest BCUT2D eigenvalue weighted by atomic mass is 10.3. The summed E-state index contributed by atoms with van der Waals surface area (Å²) in [6, 6.07) is 14.7. The van der Waals surface area contributed by atoms with E-state index in [0.29, 0.717) is 22.8 Å². The van der Waals surface area contributed by atoms with Crippen LogP contribution < -0.4 is 5.32 Å². The Morgan fingerprint density at radius 3 is 2.52 bits per heavy atom. The van der Waals surface area contributed by atoms with Crippen molar-refractivity contribution in [1.29, 1.82) is 0 Å². The molecule has 2 heterocycles. The summed E-state index contributed by atoms with van der Waals surface area (Å²) in [6.45, 7) is -0.0671. The first-order valence-electron chi connectivity index (χ1n) is 8.25. The second kappa shape index (κ2) is 6.51. The van der Waals surface area contributed by atoms with Crippen LogP contribution in [0, 0.1) is 0 Å². The van der Waals surface area contributed by atoms with Gasteiger partial charge in [-0.25, -0.2) is 18.4 Å².